The number of nitrogens with zero attached hydrogens (tertiary/aromatic N) is 1. The second-order valence-corrected chi connectivity index (χ2v) is 3.02. The summed E-state index contributed by atoms with van der Waals surface area (Å²) < 4.78 is 0. The lowest BCUT2D eigenvalue weighted by atomic mass is 10.0. The number of hydrazine groups is 1. The van der Waals surface area contributed by atoms with Crippen molar-refractivity contribution in [3.63, 3.8) is 0 Å². The van der Waals surface area contributed by atoms with Crippen LogP contribution in [0, 0.1) is 0 Å². The quantitative estimate of drug-likeness (QED) is 0.541. The molecular formula is C7H13N3O. The van der Waals surface area contributed by atoms with Crippen LogP contribution in [0.1, 0.15) is 13.8 Å². The average Bonchev–Trinajstić information content (AvgIpc) is 2.09. The number of hydrogen-bond donors (Lipinski definition) is 2. The number of hydrogen-bond acceptors (Lipinski definition) is 3. The Morgan fingerprint density at radius 1 is 1.82 bits per heavy atom. The highest BCUT2D eigenvalue weighted by Gasteiger charge is 2.34. The topological polar surface area (TPSA) is 58.4 Å². The molecule has 1 amide bonds. The Hall–Kier alpha value is -1.03. The molecule has 3 N–H and O–H groups in total. The molecule has 0 aromatic rings. The van der Waals surface area contributed by atoms with E-state index in [9.17, 15) is 4.79 Å². The molecule has 1 heterocycles. The largest absolute Gasteiger partial charge is 0.368 e. The molecule has 0 radical (unpaired) electrons. The van der Waals surface area contributed by atoms with Crippen LogP contribution < -0.4 is 11.2 Å². The fourth-order valence-electron chi connectivity index (χ4n) is 1.11. The molecule has 1 rings (SSSR count). The number of carbonyl (C=O) groups excluding carboxylic acids is 1. The lowest BCUT2D eigenvalue weighted by Crippen LogP contribution is -2.52. The number of nitrogens with two attached hydrogens (primary N) is 1. The van der Waals surface area contributed by atoms with E-state index in [2.05, 4.69) is 5.43 Å². The first-order valence-corrected chi connectivity index (χ1v) is 3.46. The highest BCUT2D eigenvalue weighted by atomic mass is 16.1. The van der Waals surface area contributed by atoms with E-state index in [1.54, 1.807) is 11.9 Å². The standard InChI is InChI=1S/C7H13N3O/c1-5-4-7(2,6(8)11)9-10(5)3/h4,9H,1-3H3,(H2,8,11). The van der Waals surface area contributed by atoms with Gasteiger partial charge in [0.25, 0.3) is 0 Å². The minimum absolute atomic E-state index is 0.360. The second kappa shape index (κ2) is 2.23. The SMILES string of the molecule is CC1=CC(C)(C(N)=O)NN1C. The fraction of sp³-hybridized carbons (Fsp3) is 0.571. The van der Waals surface area contributed by atoms with Gasteiger partial charge in [-0.1, -0.05) is 0 Å². The van der Waals surface area contributed by atoms with Gasteiger partial charge in [0.2, 0.25) is 5.91 Å². The predicted molar refractivity (Wildman–Crippen MR) is 42.3 cm³/mol. The highest BCUT2D eigenvalue weighted by Crippen LogP contribution is 2.17. The van der Waals surface area contributed by atoms with Crippen LogP contribution in [0.3, 0.4) is 0 Å². The van der Waals surface area contributed by atoms with Crippen molar-refractivity contribution in [1.29, 1.82) is 0 Å². The molecule has 0 aromatic carbocycles. The molecule has 4 nitrogen and oxygen atoms in total. The van der Waals surface area contributed by atoms with Gasteiger partial charge in [-0.15, -0.1) is 0 Å². The van der Waals surface area contributed by atoms with Gasteiger partial charge < -0.3 is 10.7 Å². The zero-order valence-electron chi connectivity index (χ0n) is 7.01. The van der Waals surface area contributed by atoms with Gasteiger partial charge in [0, 0.05) is 12.7 Å². The molecule has 4 heteroatoms. The van der Waals surface area contributed by atoms with Crippen molar-refractivity contribution in [2.45, 2.75) is 19.4 Å². The lowest BCUT2D eigenvalue weighted by molar-refractivity contribution is -0.122. The van der Waals surface area contributed by atoms with Crippen LogP contribution in [0.5, 0.6) is 0 Å². The normalized spacial score (nSPS) is 30.5. The van der Waals surface area contributed by atoms with Gasteiger partial charge in [-0.25, -0.2) is 5.43 Å². The molecule has 0 aromatic heterocycles. The molecule has 1 unspecified atom stereocenters. The third kappa shape index (κ3) is 1.21. The molecule has 1 aliphatic heterocycles. The van der Waals surface area contributed by atoms with Gasteiger partial charge >= 0.3 is 0 Å². The van der Waals surface area contributed by atoms with Crippen LogP contribution in [0.4, 0.5) is 0 Å². The van der Waals surface area contributed by atoms with Gasteiger partial charge in [-0.2, -0.15) is 0 Å². The molecule has 0 saturated carbocycles. The number of allylic oxidation sites excluding steroid dienone is 1. The molecule has 62 valence electrons. The summed E-state index contributed by atoms with van der Waals surface area (Å²) in [6.07, 6.45) is 1.81. The summed E-state index contributed by atoms with van der Waals surface area (Å²) in [6, 6.07) is 0. The van der Waals surface area contributed by atoms with E-state index in [1.807, 2.05) is 20.0 Å². The van der Waals surface area contributed by atoms with Crippen molar-refractivity contribution >= 4 is 5.91 Å². The Balaban J connectivity index is 2.88. The monoisotopic (exact) mass is 155 g/mol. The maximum Gasteiger partial charge on any atom is 0.243 e. The summed E-state index contributed by atoms with van der Waals surface area (Å²) in [5.74, 6) is -0.360. The van der Waals surface area contributed by atoms with Crippen LogP contribution in [0.2, 0.25) is 0 Å². The molecule has 1 atom stereocenters. The van der Waals surface area contributed by atoms with Crippen LogP contribution in [-0.4, -0.2) is 23.5 Å². The molecule has 11 heavy (non-hydrogen) atoms. The average molecular weight is 155 g/mol. The minimum Gasteiger partial charge on any atom is -0.368 e. The van der Waals surface area contributed by atoms with Crippen molar-refractivity contribution in [3.05, 3.63) is 11.8 Å². The fourth-order valence-corrected chi connectivity index (χ4v) is 1.11. The van der Waals surface area contributed by atoms with Gasteiger partial charge in [0.1, 0.15) is 5.54 Å². The zero-order chi connectivity index (χ0) is 8.65. The first-order valence-electron chi connectivity index (χ1n) is 3.46. The first-order chi connectivity index (χ1) is 4.96. The number of amides is 1. The van der Waals surface area contributed by atoms with Crippen molar-refractivity contribution < 1.29 is 4.79 Å². The number of rotatable bonds is 1. The van der Waals surface area contributed by atoms with Gasteiger partial charge in [-0.05, 0) is 19.9 Å². The predicted octanol–water partition coefficient (Wildman–Crippen LogP) is -0.416. The van der Waals surface area contributed by atoms with E-state index in [0.717, 1.165) is 5.70 Å². The van der Waals surface area contributed by atoms with Crippen molar-refractivity contribution in [3.8, 4) is 0 Å². The maximum absolute atomic E-state index is 10.9. The van der Waals surface area contributed by atoms with Gasteiger partial charge in [-0.3, -0.25) is 4.79 Å². The Kier molecular flexibility index (Phi) is 1.64. The Labute approximate surface area is 66.0 Å². The van der Waals surface area contributed by atoms with Crippen LogP contribution in [-0.2, 0) is 4.79 Å². The summed E-state index contributed by atoms with van der Waals surface area (Å²) >= 11 is 0. The Bertz CT molecular complexity index is 224. The van der Waals surface area contributed by atoms with Crippen LogP contribution >= 0.6 is 0 Å². The van der Waals surface area contributed by atoms with E-state index in [1.165, 1.54) is 0 Å². The molecule has 0 fully saturated rings. The lowest BCUT2D eigenvalue weighted by Gasteiger charge is -2.22. The summed E-state index contributed by atoms with van der Waals surface area (Å²) in [6.45, 7) is 3.67. The zero-order valence-corrected chi connectivity index (χ0v) is 7.01. The first kappa shape index (κ1) is 8.07. The Morgan fingerprint density at radius 2 is 2.36 bits per heavy atom. The van der Waals surface area contributed by atoms with E-state index >= 15 is 0 Å². The Morgan fingerprint density at radius 3 is 2.55 bits per heavy atom. The van der Waals surface area contributed by atoms with E-state index in [0.29, 0.717) is 0 Å². The molecular weight excluding hydrogens is 142 g/mol. The summed E-state index contributed by atoms with van der Waals surface area (Å²) in [7, 11) is 1.85. The highest BCUT2D eigenvalue weighted by molar-refractivity contribution is 5.87. The molecule has 0 saturated heterocycles. The van der Waals surface area contributed by atoms with Crippen molar-refractivity contribution in [2.24, 2.45) is 5.73 Å². The molecule has 1 aliphatic rings. The third-order valence-electron chi connectivity index (χ3n) is 1.94. The summed E-state index contributed by atoms with van der Waals surface area (Å²) in [4.78, 5) is 10.9. The molecule has 0 spiro atoms. The summed E-state index contributed by atoms with van der Waals surface area (Å²) in [5.41, 5.74) is 8.43. The van der Waals surface area contributed by atoms with Crippen molar-refractivity contribution in [1.82, 2.24) is 10.4 Å². The van der Waals surface area contributed by atoms with E-state index in [-0.39, 0.29) is 5.91 Å². The molecule has 0 bridgehead atoms. The van der Waals surface area contributed by atoms with E-state index < -0.39 is 5.54 Å². The number of primary amides is 1. The van der Waals surface area contributed by atoms with Crippen molar-refractivity contribution in [2.75, 3.05) is 7.05 Å². The van der Waals surface area contributed by atoms with E-state index in [4.69, 9.17) is 5.73 Å². The second-order valence-electron chi connectivity index (χ2n) is 3.02. The van der Waals surface area contributed by atoms with Crippen LogP contribution in [0.25, 0.3) is 0 Å². The van der Waals surface area contributed by atoms with Crippen LogP contribution in [0.15, 0.2) is 11.8 Å². The van der Waals surface area contributed by atoms with Gasteiger partial charge in [0.05, 0.1) is 0 Å². The van der Waals surface area contributed by atoms with Gasteiger partial charge in [0.15, 0.2) is 0 Å². The minimum atomic E-state index is -0.709. The maximum atomic E-state index is 10.9. The molecule has 0 aliphatic carbocycles. The number of nitrogens with one attached hydrogen (secondary N) is 1. The third-order valence-corrected chi connectivity index (χ3v) is 1.94. The smallest absolute Gasteiger partial charge is 0.243 e. The number of carbonyl (C=O) groups is 1. The summed E-state index contributed by atoms with van der Waals surface area (Å²) in [5, 5.41) is 1.78.